The van der Waals surface area contributed by atoms with Crippen LogP contribution in [0, 0.1) is 12.7 Å². The molecule has 0 aliphatic carbocycles. The summed E-state index contributed by atoms with van der Waals surface area (Å²) in [7, 11) is 1.64. The molecule has 2 N–H and O–H groups in total. The molecule has 0 radical (unpaired) electrons. The fourth-order valence-electron chi connectivity index (χ4n) is 3.72. The van der Waals surface area contributed by atoms with E-state index in [-0.39, 0.29) is 11.9 Å². The molecule has 1 unspecified atom stereocenters. The maximum Gasteiger partial charge on any atom is 0.135 e. The van der Waals surface area contributed by atoms with E-state index >= 15 is 0 Å². The summed E-state index contributed by atoms with van der Waals surface area (Å²) in [5.74, 6) is 0.521. The largest absolute Gasteiger partial charge is 0.382 e. The molecule has 0 saturated heterocycles. The van der Waals surface area contributed by atoms with E-state index in [4.69, 9.17) is 9.73 Å². The predicted octanol–water partition coefficient (Wildman–Crippen LogP) is 4.63. The number of anilines is 1. The average molecular weight is 401 g/mol. The van der Waals surface area contributed by atoms with E-state index in [2.05, 4.69) is 26.6 Å². The van der Waals surface area contributed by atoms with Crippen molar-refractivity contribution in [3.05, 3.63) is 77.4 Å². The van der Waals surface area contributed by atoms with Crippen LogP contribution in [0.2, 0.25) is 0 Å². The fraction of sp³-hybridized carbons (Fsp3) is 0.174. The van der Waals surface area contributed by atoms with Crippen LogP contribution in [0.25, 0.3) is 22.2 Å². The number of amidine groups is 1. The quantitative estimate of drug-likeness (QED) is 0.511. The van der Waals surface area contributed by atoms with Gasteiger partial charge in [0.2, 0.25) is 0 Å². The minimum Gasteiger partial charge on any atom is -0.382 e. The summed E-state index contributed by atoms with van der Waals surface area (Å²) in [5, 5.41) is 12.0. The SMILES string of the molecule is COCC(N=C1Nc2cc3[nH]nc(-c4ccnc(C)c4)c3cc21)c1ccc(F)cc1. The van der Waals surface area contributed by atoms with Gasteiger partial charge in [0, 0.05) is 35.5 Å². The van der Waals surface area contributed by atoms with E-state index in [9.17, 15) is 4.39 Å². The highest BCUT2D eigenvalue weighted by Gasteiger charge is 2.25. The first-order valence-electron chi connectivity index (χ1n) is 9.67. The van der Waals surface area contributed by atoms with Crippen LogP contribution in [0.15, 0.2) is 59.7 Å². The van der Waals surface area contributed by atoms with Crippen LogP contribution < -0.4 is 5.32 Å². The Balaban J connectivity index is 1.54. The van der Waals surface area contributed by atoms with Gasteiger partial charge in [-0.1, -0.05) is 12.1 Å². The molecule has 2 aromatic carbocycles. The highest BCUT2D eigenvalue weighted by Crippen LogP contribution is 2.36. The van der Waals surface area contributed by atoms with E-state index < -0.39 is 0 Å². The molecule has 150 valence electrons. The van der Waals surface area contributed by atoms with Gasteiger partial charge in [0.1, 0.15) is 23.4 Å². The van der Waals surface area contributed by atoms with E-state index in [1.807, 2.05) is 25.1 Å². The molecule has 6 nitrogen and oxygen atoms in total. The summed E-state index contributed by atoms with van der Waals surface area (Å²) in [5.41, 5.74) is 6.73. The molecule has 1 aliphatic rings. The van der Waals surface area contributed by atoms with Gasteiger partial charge in [-0.15, -0.1) is 0 Å². The number of rotatable bonds is 5. The molecule has 1 aliphatic heterocycles. The van der Waals surface area contributed by atoms with Crippen molar-refractivity contribution in [3.63, 3.8) is 0 Å². The van der Waals surface area contributed by atoms with Crippen LogP contribution in [-0.2, 0) is 4.74 Å². The Kier molecular flexibility index (Phi) is 4.52. The number of pyridine rings is 1. The summed E-state index contributed by atoms with van der Waals surface area (Å²) in [6.45, 7) is 2.37. The third-order valence-electron chi connectivity index (χ3n) is 5.24. The molecule has 0 bridgehead atoms. The number of aliphatic imine (C=N–C) groups is 1. The molecule has 7 heteroatoms. The number of aromatic amines is 1. The van der Waals surface area contributed by atoms with Gasteiger partial charge < -0.3 is 10.1 Å². The second kappa shape index (κ2) is 7.35. The first kappa shape index (κ1) is 18.4. The minimum absolute atomic E-state index is 0.228. The molecule has 2 aromatic heterocycles. The number of nitrogens with one attached hydrogen (secondary N) is 2. The molecule has 5 rings (SSSR count). The normalized spacial score (nSPS) is 15.0. The van der Waals surface area contributed by atoms with Gasteiger partial charge in [0.15, 0.2) is 0 Å². The highest BCUT2D eigenvalue weighted by molar-refractivity contribution is 6.23. The van der Waals surface area contributed by atoms with Crippen LogP contribution in [0.1, 0.15) is 22.9 Å². The Morgan fingerprint density at radius 1 is 1.13 bits per heavy atom. The number of H-pyrrole nitrogens is 1. The van der Waals surface area contributed by atoms with Gasteiger partial charge in [0.25, 0.3) is 0 Å². The standard InChI is InChI=1S/C23H20FN5O/c1-13-9-15(7-8-25-13)22-17-10-18-19(11-20(17)28-29-22)26-23(18)27-21(12-30-2)14-3-5-16(24)6-4-14/h3-11,21H,12H2,1-2H3,(H,26,27)(H,28,29). The van der Waals surface area contributed by atoms with E-state index in [0.29, 0.717) is 6.61 Å². The number of benzene rings is 2. The Hall–Kier alpha value is -3.58. The molecule has 0 amide bonds. The Labute approximate surface area is 172 Å². The lowest BCUT2D eigenvalue weighted by molar-refractivity contribution is 0.181. The van der Waals surface area contributed by atoms with Crippen molar-refractivity contribution < 1.29 is 9.13 Å². The maximum absolute atomic E-state index is 13.3. The molecule has 0 fully saturated rings. The van der Waals surface area contributed by atoms with E-state index in [0.717, 1.165) is 50.5 Å². The van der Waals surface area contributed by atoms with Gasteiger partial charge in [0.05, 0.1) is 17.8 Å². The molecular weight excluding hydrogens is 381 g/mol. The molecule has 1 atom stereocenters. The zero-order valence-electron chi connectivity index (χ0n) is 16.6. The Morgan fingerprint density at radius 3 is 2.73 bits per heavy atom. The monoisotopic (exact) mass is 401 g/mol. The summed E-state index contributed by atoms with van der Waals surface area (Å²) in [6.07, 6.45) is 1.79. The Morgan fingerprint density at radius 2 is 1.97 bits per heavy atom. The van der Waals surface area contributed by atoms with Gasteiger partial charge in [-0.2, -0.15) is 5.10 Å². The van der Waals surface area contributed by atoms with Crippen molar-refractivity contribution in [1.29, 1.82) is 0 Å². The van der Waals surface area contributed by atoms with Crippen LogP contribution in [0.4, 0.5) is 10.1 Å². The van der Waals surface area contributed by atoms with E-state index in [1.165, 1.54) is 12.1 Å². The number of hydrogen-bond donors (Lipinski definition) is 2. The lowest BCUT2D eigenvalue weighted by Crippen LogP contribution is -2.27. The number of aryl methyl sites for hydroxylation is 1. The average Bonchev–Trinajstić information content (AvgIpc) is 3.14. The van der Waals surface area contributed by atoms with Gasteiger partial charge in [-0.3, -0.25) is 15.1 Å². The lowest BCUT2D eigenvalue weighted by atomic mass is 9.99. The highest BCUT2D eigenvalue weighted by atomic mass is 19.1. The topological polar surface area (TPSA) is 75.2 Å². The van der Waals surface area contributed by atoms with Gasteiger partial charge in [-0.05, 0) is 48.9 Å². The molecule has 4 aromatic rings. The number of halogens is 1. The molecule has 3 heterocycles. The van der Waals surface area contributed by atoms with Crippen molar-refractivity contribution in [2.45, 2.75) is 13.0 Å². The van der Waals surface area contributed by atoms with Crippen LogP contribution in [0.3, 0.4) is 0 Å². The lowest BCUT2D eigenvalue weighted by Gasteiger charge is -2.26. The van der Waals surface area contributed by atoms with Crippen LogP contribution in [0.5, 0.6) is 0 Å². The third kappa shape index (κ3) is 3.23. The van der Waals surface area contributed by atoms with Crippen molar-refractivity contribution >= 4 is 22.4 Å². The molecule has 0 spiro atoms. The smallest absolute Gasteiger partial charge is 0.135 e. The zero-order chi connectivity index (χ0) is 20.7. The Bertz CT molecular complexity index is 1260. The maximum atomic E-state index is 13.3. The van der Waals surface area contributed by atoms with Gasteiger partial charge >= 0.3 is 0 Å². The number of fused-ring (bicyclic) bond motifs is 2. The summed E-state index contributed by atoms with van der Waals surface area (Å²) in [6, 6.07) is 14.3. The molecule has 30 heavy (non-hydrogen) atoms. The van der Waals surface area contributed by atoms with Crippen LogP contribution in [-0.4, -0.2) is 34.7 Å². The number of aromatic nitrogens is 3. The van der Waals surface area contributed by atoms with Crippen molar-refractivity contribution in [2.75, 3.05) is 19.0 Å². The summed E-state index contributed by atoms with van der Waals surface area (Å²) in [4.78, 5) is 9.10. The molecular formula is C23H20FN5O. The zero-order valence-corrected chi connectivity index (χ0v) is 16.6. The number of ether oxygens (including phenoxy) is 1. The number of hydrogen-bond acceptors (Lipinski definition) is 4. The van der Waals surface area contributed by atoms with Crippen molar-refractivity contribution in [1.82, 2.24) is 15.2 Å². The van der Waals surface area contributed by atoms with E-state index in [1.54, 1.807) is 25.4 Å². The number of methoxy groups -OCH3 is 1. The number of nitrogens with zero attached hydrogens (tertiary/aromatic N) is 3. The minimum atomic E-state index is -0.268. The fourth-order valence-corrected chi connectivity index (χ4v) is 3.72. The summed E-state index contributed by atoms with van der Waals surface area (Å²) >= 11 is 0. The van der Waals surface area contributed by atoms with Gasteiger partial charge in [-0.25, -0.2) is 4.39 Å². The van der Waals surface area contributed by atoms with Crippen molar-refractivity contribution in [3.8, 4) is 11.3 Å². The predicted molar refractivity (Wildman–Crippen MR) is 115 cm³/mol. The second-order valence-electron chi connectivity index (χ2n) is 7.33. The molecule has 0 saturated carbocycles. The van der Waals surface area contributed by atoms with Crippen molar-refractivity contribution in [2.24, 2.45) is 4.99 Å². The third-order valence-corrected chi connectivity index (χ3v) is 5.24. The first-order chi connectivity index (χ1) is 14.6. The second-order valence-corrected chi connectivity index (χ2v) is 7.33. The summed E-state index contributed by atoms with van der Waals surface area (Å²) < 4.78 is 18.6. The van der Waals surface area contributed by atoms with Crippen LogP contribution >= 0.6 is 0 Å². The first-order valence-corrected chi connectivity index (χ1v) is 9.67.